The lowest BCUT2D eigenvalue weighted by molar-refractivity contribution is 0.0970. The van der Waals surface area contributed by atoms with Gasteiger partial charge < -0.3 is 19.8 Å². The van der Waals surface area contributed by atoms with E-state index in [2.05, 4.69) is 10.3 Å². The van der Waals surface area contributed by atoms with Gasteiger partial charge in [-0.05, 0) is 42.8 Å². The molecule has 3 aromatic carbocycles. The number of aryl methyl sites for hydroxylation is 1. The molecule has 0 bridgehead atoms. The number of fused-ring (bicyclic) bond motifs is 1. The number of rotatable bonds is 8. The summed E-state index contributed by atoms with van der Waals surface area (Å²) in [6.45, 7) is 1.84. The predicted octanol–water partition coefficient (Wildman–Crippen LogP) is 5.73. The number of halogens is 2. The third-order valence-electron chi connectivity index (χ3n) is 5.94. The molecule has 0 saturated heterocycles. The molecule has 0 aliphatic carbocycles. The monoisotopic (exact) mass is 530 g/mol. The average molecular weight is 531 g/mol. The Bertz CT molecular complexity index is 1580. The fraction of sp³-hybridized carbons (Fsp3) is 0.192. The predicted molar refractivity (Wildman–Crippen MR) is 138 cm³/mol. The molecule has 4 aromatic rings. The van der Waals surface area contributed by atoms with Crippen molar-refractivity contribution in [2.75, 3.05) is 25.8 Å². The van der Waals surface area contributed by atoms with Gasteiger partial charge in [0, 0.05) is 51.8 Å². The lowest BCUT2D eigenvalue weighted by Crippen LogP contribution is -2.22. The molecule has 0 aliphatic heterocycles. The van der Waals surface area contributed by atoms with Crippen molar-refractivity contribution < 1.29 is 27.1 Å². The third-order valence-corrected chi connectivity index (χ3v) is 7.44. The van der Waals surface area contributed by atoms with Gasteiger partial charge in [0.05, 0.1) is 24.6 Å². The number of hydrogen-bond acceptors (Lipinski definition) is 6. The van der Waals surface area contributed by atoms with Crippen LogP contribution in [0.4, 0.5) is 10.1 Å². The van der Waals surface area contributed by atoms with E-state index in [1.165, 1.54) is 44.6 Å². The number of aromatic amines is 1. The van der Waals surface area contributed by atoms with Gasteiger partial charge in [-0.2, -0.15) is 0 Å². The number of H-pyrrole nitrogens is 1. The van der Waals surface area contributed by atoms with Crippen LogP contribution >= 0.6 is 11.6 Å². The van der Waals surface area contributed by atoms with Gasteiger partial charge in [0.2, 0.25) is 0 Å². The summed E-state index contributed by atoms with van der Waals surface area (Å²) in [5, 5.41) is 4.34. The highest BCUT2D eigenvalue weighted by Gasteiger charge is 2.28. The van der Waals surface area contributed by atoms with E-state index >= 15 is 0 Å². The van der Waals surface area contributed by atoms with Gasteiger partial charge in [0.1, 0.15) is 23.4 Å². The number of carbonyl (C=O) groups is 1. The van der Waals surface area contributed by atoms with Crippen LogP contribution in [0, 0.1) is 12.7 Å². The highest BCUT2D eigenvalue weighted by atomic mass is 35.5. The smallest absolute Gasteiger partial charge is 0.191 e. The Morgan fingerprint density at radius 1 is 1.08 bits per heavy atom. The van der Waals surface area contributed by atoms with Crippen LogP contribution < -0.4 is 14.8 Å². The average Bonchev–Trinajstić information content (AvgIpc) is 3.28. The summed E-state index contributed by atoms with van der Waals surface area (Å²) in [6, 6.07) is 10.6. The maximum absolute atomic E-state index is 14.0. The van der Waals surface area contributed by atoms with Crippen LogP contribution in [-0.2, 0) is 9.84 Å². The molecule has 0 amide bonds. The molecule has 0 aliphatic rings. The van der Waals surface area contributed by atoms with Crippen molar-refractivity contribution in [3.8, 4) is 11.5 Å². The van der Waals surface area contributed by atoms with E-state index in [1.54, 1.807) is 24.4 Å². The van der Waals surface area contributed by atoms with E-state index in [-0.39, 0.29) is 22.2 Å². The maximum Gasteiger partial charge on any atom is 0.191 e. The number of hydrogen-bond donors (Lipinski definition) is 2. The van der Waals surface area contributed by atoms with Crippen molar-refractivity contribution in [3.63, 3.8) is 0 Å². The van der Waals surface area contributed by atoms with Gasteiger partial charge in [-0.15, -0.1) is 0 Å². The van der Waals surface area contributed by atoms with Gasteiger partial charge >= 0.3 is 0 Å². The number of ketones is 1. The number of Topliss-reactive ketones (excluding diaryl/α,β-unsaturated/α-hetero) is 1. The van der Waals surface area contributed by atoms with E-state index in [0.717, 1.165) is 17.3 Å². The summed E-state index contributed by atoms with van der Waals surface area (Å²) in [7, 11) is -0.783. The molecule has 4 rings (SSSR count). The normalized spacial score (nSPS) is 12.4. The third kappa shape index (κ3) is 4.89. The number of sulfone groups is 1. The summed E-state index contributed by atoms with van der Waals surface area (Å²) in [4.78, 5) is 17.1. The van der Waals surface area contributed by atoms with Crippen LogP contribution in [0.3, 0.4) is 0 Å². The number of carbonyl (C=O) groups excluding carboxylic acids is 1. The first-order valence-electron chi connectivity index (χ1n) is 10.8. The zero-order chi connectivity index (χ0) is 26.2. The first-order valence-corrected chi connectivity index (χ1v) is 13.1. The van der Waals surface area contributed by atoms with Crippen LogP contribution in [0.2, 0.25) is 5.02 Å². The van der Waals surface area contributed by atoms with E-state index in [9.17, 15) is 17.6 Å². The lowest BCUT2D eigenvalue weighted by atomic mass is 9.95. The zero-order valence-corrected chi connectivity index (χ0v) is 21.6. The van der Waals surface area contributed by atoms with E-state index in [0.29, 0.717) is 27.2 Å². The molecule has 1 aromatic heterocycles. The molecule has 7 nitrogen and oxygen atoms in total. The SMILES string of the molecule is COc1cc(NC(C(=O)c2c[nH]c3c(C)c(Cl)ccc23)c2ccc(F)cc2OC)cc(S(C)(=O)=O)c1. The number of aromatic nitrogens is 1. The minimum atomic E-state index is -3.57. The van der Waals surface area contributed by atoms with Crippen LogP contribution in [-0.4, -0.2) is 39.7 Å². The maximum atomic E-state index is 14.0. The number of nitrogens with one attached hydrogen (secondary N) is 2. The Labute approximate surface area is 213 Å². The standard InChI is InChI=1S/C26H24ClFN2O5S/c1-14-22(27)8-7-19-21(13-29-24(14)19)26(31)25(20-6-5-15(28)9-23(20)35-3)30-16-10-17(34-2)12-18(11-16)36(4,32)33/h5-13,25,29-30H,1-4H3. The van der Waals surface area contributed by atoms with Crippen molar-refractivity contribution in [3.05, 3.63) is 82.3 Å². The fourth-order valence-corrected chi connectivity index (χ4v) is 4.87. The molecule has 0 fully saturated rings. The summed E-state index contributed by atoms with van der Waals surface area (Å²) in [6.07, 6.45) is 2.67. The number of ether oxygens (including phenoxy) is 2. The molecule has 1 atom stereocenters. The Balaban J connectivity index is 1.89. The molecule has 1 unspecified atom stereocenters. The van der Waals surface area contributed by atoms with E-state index < -0.39 is 21.7 Å². The van der Waals surface area contributed by atoms with Crippen molar-refractivity contribution in [2.24, 2.45) is 0 Å². The molecule has 188 valence electrons. The second kappa shape index (κ2) is 9.83. The largest absolute Gasteiger partial charge is 0.497 e. The molecule has 36 heavy (non-hydrogen) atoms. The Kier molecular flexibility index (Phi) is 6.97. The Morgan fingerprint density at radius 3 is 2.50 bits per heavy atom. The first kappa shape index (κ1) is 25.5. The first-order chi connectivity index (χ1) is 17.0. The van der Waals surface area contributed by atoms with E-state index in [4.69, 9.17) is 21.1 Å². The van der Waals surface area contributed by atoms with Gasteiger partial charge in [0.15, 0.2) is 15.6 Å². The van der Waals surface area contributed by atoms with Gasteiger partial charge in [-0.3, -0.25) is 4.79 Å². The highest BCUT2D eigenvalue weighted by molar-refractivity contribution is 7.90. The quantitative estimate of drug-likeness (QED) is 0.282. The van der Waals surface area contributed by atoms with Crippen molar-refractivity contribution in [1.82, 2.24) is 4.98 Å². The number of anilines is 1. The van der Waals surface area contributed by atoms with Gasteiger partial charge in [-0.1, -0.05) is 17.7 Å². The van der Waals surface area contributed by atoms with Gasteiger partial charge in [0.25, 0.3) is 0 Å². The van der Waals surface area contributed by atoms with Crippen LogP contribution in [0.1, 0.15) is 27.5 Å². The summed E-state index contributed by atoms with van der Waals surface area (Å²) in [5.74, 6) is -0.433. The molecule has 1 heterocycles. The second-order valence-electron chi connectivity index (χ2n) is 8.29. The Morgan fingerprint density at radius 2 is 1.83 bits per heavy atom. The molecular formula is C26H24ClFN2O5S. The zero-order valence-electron chi connectivity index (χ0n) is 20.0. The summed E-state index contributed by atoms with van der Waals surface area (Å²) >= 11 is 6.25. The number of methoxy groups -OCH3 is 2. The number of benzene rings is 3. The van der Waals surface area contributed by atoms with Crippen LogP contribution in [0.15, 0.2) is 59.6 Å². The summed E-state index contributed by atoms with van der Waals surface area (Å²) < 4.78 is 49.1. The van der Waals surface area contributed by atoms with Gasteiger partial charge in [-0.25, -0.2) is 12.8 Å². The molecule has 10 heteroatoms. The van der Waals surface area contributed by atoms with Crippen LogP contribution in [0.5, 0.6) is 11.5 Å². The molecule has 0 saturated carbocycles. The topological polar surface area (TPSA) is 97.5 Å². The van der Waals surface area contributed by atoms with Crippen molar-refractivity contribution in [1.29, 1.82) is 0 Å². The fourth-order valence-electron chi connectivity index (χ4n) is 4.04. The molecular weight excluding hydrogens is 507 g/mol. The van der Waals surface area contributed by atoms with E-state index in [1.807, 2.05) is 6.92 Å². The van der Waals surface area contributed by atoms with Crippen molar-refractivity contribution in [2.45, 2.75) is 17.9 Å². The molecule has 0 radical (unpaired) electrons. The minimum absolute atomic E-state index is 0.0129. The van der Waals surface area contributed by atoms with Crippen LogP contribution in [0.25, 0.3) is 10.9 Å². The molecule has 0 spiro atoms. The highest BCUT2D eigenvalue weighted by Crippen LogP contribution is 2.36. The Hall–Kier alpha value is -3.56. The second-order valence-corrected chi connectivity index (χ2v) is 10.7. The lowest BCUT2D eigenvalue weighted by Gasteiger charge is -2.22. The van der Waals surface area contributed by atoms with Crippen molar-refractivity contribution >= 4 is 43.8 Å². The minimum Gasteiger partial charge on any atom is -0.497 e. The summed E-state index contributed by atoms with van der Waals surface area (Å²) in [5.41, 5.74) is 2.57. The molecule has 2 N–H and O–H groups in total.